The first-order chi connectivity index (χ1) is 10.1. The number of hydrogen-bond donors (Lipinski definition) is 1. The van der Waals surface area contributed by atoms with Crippen LogP contribution in [0.3, 0.4) is 0 Å². The summed E-state index contributed by atoms with van der Waals surface area (Å²) in [5.41, 5.74) is 2.65. The minimum Gasteiger partial charge on any atom is -0.367 e. The lowest BCUT2D eigenvalue weighted by molar-refractivity contribution is 0.337. The number of likely N-dealkylation sites (N-methyl/N-ethyl adjacent to an activating group) is 1. The molecule has 1 saturated heterocycles. The van der Waals surface area contributed by atoms with E-state index in [0.29, 0.717) is 6.04 Å². The van der Waals surface area contributed by atoms with E-state index < -0.39 is 0 Å². The highest BCUT2D eigenvalue weighted by atomic mass is 35.5. The molecule has 0 radical (unpaired) electrons. The van der Waals surface area contributed by atoms with Gasteiger partial charge in [-0.15, -0.1) is 0 Å². The molecule has 1 atom stereocenters. The van der Waals surface area contributed by atoms with Crippen molar-refractivity contribution in [3.8, 4) is 0 Å². The smallest absolute Gasteiger partial charge is 0.0415 e. The Balaban J connectivity index is 2.20. The van der Waals surface area contributed by atoms with Crippen LogP contribution in [-0.4, -0.2) is 44.2 Å². The number of anilines is 1. The molecule has 1 N–H and O–H groups in total. The summed E-state index contributed by atoms with van der Waals surface area (Å²) in [6.45, 7) is 9.86. The normalized spacial score (nSPS) is 20.6. The van der Waals surface area contributed by atoms with Crippen LogP contribution in [0, 0.1) is 0 Å². The maximum absolute atomic E-state index is 6.21. The van der Waals surface area contributed by atoms with Gasteiger partial charge in [0.25, 0.3) is 0 Å². The lowest BCUT2D eigenvalue weighted by Crippen LogP contribution is -2.38. The third kappa shape index (κ3) is 4.60. The minimum atomic E-state index is 0.531. The van der Waals surface area contributed by atoms with Crippen LogP contribution < -0.4 is 10.2 Å². The van der Waals surface area contributed by atoms with E-state index in [1.54, 1.807) is 0 Å². The Hall–Kier alpha value is -0.770. The molecule has 1 aliphatic rings. The number of nitrogens with one attached hydrogen (secondary N) is 1. The molecule has 0 bridgehead atoms. The molecular weight excluding hydrogens is 282 g/mol. The Kier molecular flexibility index (Phi) is 6.34. The number of halogens is 1. The Morgan fingerprint density at radius 3 is 2.90 bits per heavy atom. The van der Waals surface area contributed by atoms with Crippen LogP contribution in [0.25, 0.3) is 0 Å². The van der Waals surface area contributed by atoms with Gasteiger partial charge in [-0.3, -0.25) is 0 Å². The molecule has 0 saturated carbocycles. The lowest BCUT2D eigenvalue weighted by atomic mass is 10.1. The predicted octanol–water partition coefficient (Wildman–Crippen LogP) is 3.37. The van der Waals surface area contributed by atoms with Gasteiger partial charge in [-0.1, -0.05) is 18.5 Å². The zero-order valence-electron chi connectivity index (χ0n) is 13.5. The van der Waals surface area contributed by atoms with Gasteiger partial charge >= 0.3 is 0 Å². The predicted molar refractivity (Wildman–Crippen MR) is 92.4 cm³/mol. The summed E-state index contributed by atoms with van der Waals surface area (Å²) in [6.07, 6.45) is 2.37. The average molecular weight is 310 g/mol. The second-order valence-corrected chi connectivity index (χ2v) is 6.54. The van der Waals surface area contributed by atoms with E-state index in [1.165, 1.54) is 24.2 Å². The van der Waals surface area contributed by atoms with Crippen LogP contribution in [0.1, 0.15) is 32.3 Å². The van der Waals surface area contributed by atoms with Crippen molar-refractivity contribution in [2.24, 2.45) is 0 Å². The quantitative estimate of drug-likeness (QED) is 0.841. The lowest BCUT2D eigenvalue weighted by Gasteiger charge is -2.32. The van der Waals surface area contributed by atoms with E-state index in [-0.39, 0.29) is 0 Å². The van der Waals surface area contributed by atoms with Gasteiger partial charge in [-0.2, -0.15) is 0 Å². The molecule has 1 aromatic carbocycles. The number of benzene rings is 1. The molecule has 1 heterocycles. The van der Waals surface area contributed by atoms with Crippen molar-refractivity contribution in [3.05, 3.63) is 28.8 Å². The van der Waals surface area contributed by atoms with Gasteiger partial charge in [0.2, 0.25) is 0 Å². The number of hydrogen-bond acceptors (Lipinski definition) is 3. The standard InChI is InChI=1S/C17H28ClN3/c1-4-8-19-12-15-11-16(18)6-7-17(15)21-10-5-9-20(3)13-14(21)2/h6-7,11,14,19H,4-5,8-10,12-13H2,1-3H3. The van der Waals surface area contributed by atoms with Crippen LogP contribution >= 0.6 is 11.6 Å². The Bertz CT molecular complexity index is 450. The van der Waals surface area contributed by atoms with E-state index in [4.69, 9.17) is 11.6 Å². The fourth-order valence-corrected chi connectivity index (χ4v) is 3.30. The van der Waals surface area contributed by atoms with Crippen molar-refractivity contribution in [1.82, 2.24) is 10.2 Å². The van der Waals surface area contributed by atoms with Crippen molar-refractivity contribution in [2.75, 3.05) is 38.1 Å². The van der Waals surface area contributed by atoms with Crippen molar-refractivity contribution < 1.29 is 0 Å². The third-order valence-corrected chi connectivity index (χ3v) is 4.38. The van der Waals surface area contributed by atoms with Gasteiger partial charge in [-0.25, -0.2) is 0 Å². The fourth-order valence-electron chi connectivity index (χ4n) is 3.11. The number of nitrogens with zero attached hydrogens (tertiary/aromatic N) is 2. The molecule has 2 rings (SSSR count). The molecule has 0 aromatic heterocycles. The van der Waals surface area contributed by atoms with Gasteiger partial charge in [-0.05, 0) is 63.7 Å². The van der Waals surface area contributed by atoms with E-state index >= 15 is 0 Å². The molecule has 1 aromatic rings. The summed E-state index contributed by atoms with van der Waals surface area (Å²) in [7, 11) is 2.21. The fraction of sp³-hybridized carbons (Fsp3) is 0.647. The maximum Gasteiger partial charge on any atom is 0.0415 e. The molecule has 1 aliphatic heterocycles. The second kappa shape index (κ2) is 8.02. The summed E-state index contributed by atoms with van der Waals surface area (Å²) in [4.78, 5) is 4.97. The molecule has 0 amide bonds. The highest BCUT2D eigenvalue weighted by Crippen LogP contribution is 2.27. The maximum atomic E-state index is 6.21. The molecule has 4 heteroatoms. The first-order valence-corrected chi connectivity index (χ1v) is 8.44. The molecule has 3 nitrogen and oxygen atoms in total. The van der Waals surface area contributed by atoms with Crippen LogP contribution in [0.15, 0.2) is 18.2 Å². The van der Waals surface area contributed by atoms with Crippen molar-refractivity contribution in [1.29, 1.82) is 0 Å². The van der Waals surface area contributed by atoms with E-state index in [0.717, 1.165) is 37.6 Å². The van der Waals surface area contributed by atoms with Gasteiger partial charge in [0.1, 0.15) is 0 Å². The number of rotatable bonds is 5. The van der Waals surface area contributed by atoms with E-state index in [2.05, 4.69) is 48.1 Å². The van der Waals surface area contributed by atoms with Gasteiger partial charge in [0.05, 0.1) is 0 Å². The summed E-state index contributed by atoms with van der Waals surface area (Å²) >= 11 is 6.21. The Morgan fingerprint density at radius 2 is 2.14 bits per heavy atom. The van der Waals surface area contributed by atoms with Gasteiger partial charge in [0.15, 0.2) is 0 Å². The van der Waals surface area contributed by atoms with Crippen LogP contribution in [0.2, 0.25) is 5.02 Å². The Labute approximate surface area is 134 Å². The minimum absolute atomic E-state index is 0.531. The van der Waals surface area contributed by atoms with Gasteiger partial charge < -0.3 is 15.1 Å². The molecule has 118 valence electrons. The summed E-state index contributed by atoms with van der Waals surface area (Å²) in [6, 6.07) is 6.85. The molecule has 0 spiro atoms. The Morgan fingerprint density at radius 1 is 1.33 bits per heavy atom. The second-order valence-electron chi connectivity index (χ2n) is 6.11. The summed E-state index contributed by atoms with van der Waals surface area (Å²) < 4.78 is 0. The summed E-state index contributed by atoms with van der Waals surface area (Å²) in [5.74, 6) is 0. The van der Waals surface area contributed by atoms with Crippen molar-refractivity contribution in [2.45, 2.75) is 39.3 Å². The van der Waals surface area contributed by atoms with Gasteiger partial charge in [0, 0.05) is 36.4 Å². The first kappa shape index (κ1) is 16.6. The highest BCUT2D eigenvalue weighted by Gasteiger charge is 2.21. The van der Waals surface area contributed by atoms with Crippen molar-refractivity contribution in [3.63, 3.8) is 0 Å². The monoisotopic (exact) mass is 309 g/mol. The topological polar surface area (TPSA) is 18.5 Å². The third-order valence-electron chi connectivity index (χ3n) is 4.14. The summed E-state index contributed by atoms with van der Waals surface area (Å²) in [5, 5.41) is 4.33. The first-order valence-electron chi connectivity index (χ1n) is 8.06. The molecule has 0 aliphatic carbocycles. The average Bonchev–Trinajstić information content (AvgIpc) is 2.60. The SMILES string of the molecule is CCCNCc1cc(Cl)ccc1N1CCCN(C)CC1C. The van der Waals surface area contributed by atoms with Crippen LogP contribution in [0.4, 0.5) is 5.69 Å². The van der Waals surface area contributed by atoms with E-state index in [1.807, 2.05) is 6.07 Å². The van der Waals surface area contributed by atoms with Crippen LogP contribution in [-0.2, 0) is 6.54 Å². The van der Waals surface area contributed by atoms with Crippen molar-refractivity contribution >= 4 is 17.3 Å². The molecule has 21 heavy (non-hydrogen) atoms. The molecule has 1 fully saturated rings. The highest BCUT2D eigenvalue weighted by molar-refractivity contribution is 6.30. The van der Waals surface area contributed by atoms with E-state index in [9.17, 15) is 0 Å². The zero-order chi connectivity index (χ0) is 15.2. The largest absolute Gasteiger partial charge is 0.367 e. The van der Waals surface area contributed by atoms with Crippen LogP contribution in [0.5, 0.6) is 0 Å². The molecule has 1 unspecified atom stereocenters. The zero-order valence-corrected chi connectivity index (χ0v) is 14.3. The molecular formula is C17H28ClN3.